The molecule has 1 fully saturated rings. The van der Waals surface area contributed by atoms with Gasteiger partial charge in [0.1, 0.15) is 0 Å². The van der Waals surface area contributed by atoms with Crippen LogP contribution >= 0.6 is 0 Å². The Hall–Kier alpha value is -2.67. The predicted molar refractivity (Wildman–Crippen MR) is 116 cm³/mol. The Balaban J connectivity index is 1.48. The highest BCUT2D eigenvalue weighted by Crippen LogP contribution is 2.22. The number of benzene rings is 1. The maximum atomic E-state index is 6.16. The summed E-state index contributed by atoms with van der Waals surface area (Å²) in [6.07, 6.45) is 5.53. The Kier molecular flexibility index (Phi) is 7.19. The van der Waals surface area contributed by atoms with E-state index in [-0.39, 0.29) is 0 Å². The molecule has 1 aromatic carbocycles. The summed E-state index contributed by atoms with van der Waals surface area (Å²) in [6.45, 7) is 9.76. The van der Waals surface area contributed by atoms with Crippen LogP contribution in [0.4, 0.5) is 11.6 Å². The molecule has 0 saturated carbocycles. The molecule has 1 aliphatic heterocycles. The summed E-state index contributed by atoms with van der Waals surface area (Å²) < 4.78 is 0. The molecular weight excluding hydrogens is 350 g/mol. The number of hydrogen-bond acceptors (Lipinski definition) is 5. The second-order valence-electron chi connectivity index (χ2n) is 6.93. The third-order valence-electron chi connectivity index (χ3n) is 5.16. The molecule has 0 radical (unpaired) electrons. The molecule has 1 aliphatic rings. The Morgan fingerprint density at radius 2 is 1.68 bits per heavy atom. The highest BCUT2D eigenvalue weighted by atomic mass is 15.3. The predicted octanol–water partition coefficient (Wildman–Crippen LogP) is 2.15. The lowest BCUT2D eigenvalue weighted by atomic mass is 10.0. The molecule has 0 unspecified atom stereocenters. The summed E-state index contributed by atoms with van der Waals surface area (Å²) >= 11 is 0. The van der Waals surface area contributed by atoms with Crippen molar-refractivity contribution < 1.29 is 0 Å². The van der Waals surface area contributed by atoms with Gasteiger partial charge in [-0.3, -0.25) is 9.89 Å². The van der Waals surface area contributed by atoms with Gasteiger partial charge in [0, 0.05) is 50.8 Å². The van der Waals surface area contributed by atoms with E-state index in [9.17, 15) is 0 Å². The van der Waals surface area contributed by atoms with Gasteiger partial charge in [0.05, 0.1) is 6.54 Å². The lowest BCUT2D eigenvalue weighted by molar-refractivity contribution is 0.264. The van der Waals surface area contributed by atoms with E-state index in [1.807, 2.05) is 6.07 Å². The normalized spacial score (nSPS) is 15.6. The Bertz CT molecular complexity index is 745. The number of rotatable bonds is 7. The van der Waals surface area contributed by atoms with Gasteiger partial charge >= 0.3 is 0 Å². The lowest BCUT2D eigenvalue weighted by Gasteiger charge is -2.34. The van der Waals surface area contributed by atoms with Crippen molar-refractivity contribution in [3.05, 3.63) is 47.8 Å². The smallest absolute Gasteiger partial charge is 0.225 e. The summed E-state index contributed by atoms with van der Waals surface area (Å²) in [5, 5.41) is 3.33. The van der Waals surface area contributed by atoms with Gasteiger partial charge in [-0.25, -0.2) is 9.97 Å². The molecule has 28 heavy (non-hydrogen) atoms. The summed E-state index contributed by atoms with van der Waals surface area (Å²) in [4.78, 5) is 17.8. The second kappa shape index (κ2) is 10.0. The van der Waals surface area contributed by atoms with E-state index in [1.165, 1.54) is 11.1 Å². The summed E-state index contributed by atoms with van der Waals surface area (Å²) in [5.74, 6) is 1.31. The number of nitrogens with one attached hydrogen (secondary N) is 1. The molecule has 150 valence electrons. The molecule has 0 amide bonds. The van der Waals surface area contributed by atoms with Gasteiger partial charge in [0.25, 0.3) is 0 Å². The second-order valence-corrected chi connectivity index (χ2v) is 6.93. The minimum Gasteiger partial charge on any atom is -0.370 e. The van der Waals surface area contributed by atoms with Gasteiger partial charge in [0.15, 0.2) is 5.96 Å². The largest absolute Gasteiger partial charge is 0.370 e. The van der Waals surface area contributed by atoms with E-state index in [2.05, 4.69) is 62.1 Å². The molecule has 7 heteroatoms. The number of nitrogens with zero attached hydrogens (tertiary/aromatic N) is 5. The summed E-state index contributed by atoms with van der Waals surface area (Å²) in [6, 6.07) is 8.24. The van der Waals surface area contributed by atoms with Crippen LogP contribution in [-0.2, 0) is 12.8 Å². The van der Waals surface area contributed by atoms with Crippen molar-refractivity contribution in [2.75, 3.05) is 49.5 Å². The van der Waals surface area contributed by atoms with Crippen molar-refractivity contribution in [1.29, 1.82) is 0 Å². The fraction of sp³-hybridized carbons (Fsp3) is 0.476. The van der Waals surface area contributed by atoms with Crippen LogP contribution in [-0.4, -0.2) is 60.1 Å². The third kappa shape index (κ3) is 5.19. The zero-order valence-electron chi connectivity index (χ0n) is 16.9. The molecule has 3 rings (SSSR count). The van der Waals surface area contributed by atoms with E-state index >= 15 is 0 Å². The highest BCUT2D eigenvalue weighted by Gasteiger charge is 2.18. The Labute approximate surface area is 167 Å². The first-order chi connectivity index (χ1) is 13.7. The van der Waals surface area contributed by atoms with Crippen LogP contribution < -0.4 is 16.0 Å². The van der Waals surface area contributed by atoms with Crippen LogP contribution in [0.2, 0.25) is 0 Å². The minimum atomic E-state index is 0.493. The fourth-order valence-corrected chi connectivity index (χ4v) is 3.51. The van der Waals surface area contributed by atoms with Crippen molar-refractivity contribution in [3.63, 3.8) is 0 Å². The first-order valence-corrected chi connectivity index (χ1v) is 10.1. The standard InChI is InChI=1S/C21H31N7/c1-3-17-7-5-8-18(4-2)19(17)26-20(22)23-11-12-27-13-15-28(16-14-27)21-24-9-6-10-25-21/h5-10H,3-4,11-16H2,1-2H3,(H3,22,23,26). The number of aliphatic imine (C=N–C) groups is 1. The molecule has 7 nitrogen and oxygen atoms in total. The zero-order chi connectivity index (χ0) is 19.8. The van der Waals surface area contributed by atoms with Crippen LogP contribution in [0, 0.1) is 0 Å². The van der Waals surface area contributed by atoms with E-state index in [4.69, 9.17) is 5.73 Å². The number of aromatic nitrogens is 2. The third-order valence-corrected chi connectivity index (χ3v) is 5.16. The molecule has 3 N–H and O–H groups in total. The number of aryl methyl sites for hydroxylation is 2. The number of hydrogen-bond donors (Lipinski definition) is 2. The number of para-hydroxylation sites is 1. The van der Waals surface area contributed by atoms with Crippen molar-refractivity contribution >= 4 is 17.6 Å². The van der Waals surface area contributed by atoms with Gasteiger partial charge in [-0.1, -0.05) is 32.0 Å². The van der Waals surface area contributed by atoms with E-state index in [1.54, 1.807) is 12.4 Å². The highest BCUT2D eigenvalue weighted by molar-refractivity contribution is 5.93. The molecule has 2 heterocycles. The summed E-state index contributed by atoms with van der Waals surface area (Å²) in [5.41, 5.74) is 9.83. The van der Waals surface area contributed by atoms with Gasteiger partial charge < -0.3 is 16.0 Å². The maximum Gasteiger partial charge on any atom is 0.225 e. The minimum absolute atomic E-state index is 0.493. The molecule has 0 spiro atoms. The topological polar surface area (TPSA) is 82.7 Å². The van der Waals surface area contributed by atoms with Crippen LogP contribution in [0.3, 0.4) is 0 Å². The van der Waals surface area contributed by atoms with Crippen LogP contribution in [0.1, 0.15) is 25.0 Å². The van der Waals surface area contributed by atoms with Crippen molar-refractivity contribution in [2.45, 2.75) is 26.7 Å². The Morgan fingerprint density at radius 3 is 2.29 bits per heavy atom. The van der Waals surface area contributed by atoms with Gasteiger partial charge in [-0.2, -0.15) is 0 Å². The average molecular weight is 382 g/mol. The molecule has 1 aromatic heterocycles. The van der Waals surface area contributed by atoms with E-state index in [0.29, 0.717) is 12.5 Å². The maximum absolute atomic E-state index is 6.16. The fourth-order valence-electron chi connectivity index (χ4n) is 3.51. The molecule has 0 atom stereocenters. The van der Waals surface area contributed by atoms with Crippen molar-refractivity contribution in [1.82, 2.24) is 14.9 Å². The van der Waals surface area contributed by atoms with Gasteiger partial charge in [0.2, 0.25) is 5.95 Å². The molecular formula is C21H31N7. The number of anilines is 2. The molecule has 1 saturated heterocycles. The van der Waals surface area contributed by atoms with Gasteiger partial charge in [-0.05, 0) is 30.0 Å². The average Bonchev–Trinajstić information content (AvgIpc) is 2.75. The van der Waals surface area contributed by atoms with Crippen molar-refractivity contribution in [3.8, 4) is 0 Å². The van der Waals surface area contributed by atoms with Crippen LogP contribution in [0.25, 0.3) is 0 Å². The number of piperazine rings is 1. The van der Waals surface area contributed by atoms with Crippen molar-refractivity contribution in [2.24, 2.45) is 10.7 Å². The monoisotopic (exact) mass is 381 g/mol. The first-order valence-electron chi connectivity index (χ1n) is 10.1. The van der Waals surface area contributed by atoms with Crippen LogP contribution in [0.15, 0.2) is 41.7 Å². The SMILES string of the molecule is CCc1cccc(CC)c1NC(N)=NCCN1CCN(c2ncccn2)CC1. The first kappa shape index (κ1) is 20.1. The number of guanidine groups is 1. The molecule has 0 aliphatic carbocycles. The summed E-state index contributed by atoms with van der Waals surface area (Å²) in [7, 11) is 0. The number of nitrogens with two attached hydrogens (primary N) is 1. The molecule has 0 bridgehead atoms. The van der Waals surface area contributed by atoms with Crippen LogP contribution in [0.5, 0.6) is 0 Å². The zero-order valence-corrected chi connectivity index (χ0v) is 16.9. The van der Waals surface area contributed by atoms with E-state index < -0.39 is 0 Å². The van der Waals surface area contributed by atoms with Gasteiger partial charge in [-0.15, -0.1) is 0 Å². The Morgan fingerprint density at radius 1 is 1.04 bits per heavy atom. The van der Waals surface area contributed by atoms with E-state index in [0.717, 1.165) is 57.2 Å². The lowest BCUT2D eigenvalue weighted by Crippen LogP contribution is -2.47. The quantitative estimate of drug-likeness (QED) is 0.565. The molecule has 2 aromatic rings.